The van der Waals surface area contributed by atoms with E-state index in [0.29, 0.717) is 5.56 Å². The van der Waals surface area contributed by atoms with E-state index < -0.39 is 21.7 Å². The van der Waals surface area contributed by atoms with Crippen molar-refractivity contribution in [2.75, 3.05) is 6.26 Å². The molecule has 112 valence electrons. The predicted molar refractivity (Wildman–Crippen MR) is 78.6 cm³/mol. The first-order valence-corrected chi connectivity index (χ1v) is 8.20. The molecule has 2 rings (SSSR count). The molecule has 0 aliphatic heterocycles. The maximum absolute atomic E-state index is 13.9. The first kappa shape index (κ1) is 15.5. The van der Waals surface area contributed by atoms with Crippen molar-refractivity contribution in [3.8, 4) is 11.5 Å². The summed E-state index contributed by atoms with van der Waals surface area (Å²) in [5, 5.41) is 0. The minimum atomic E-state index is -3.35. The predicted octanol–water partition coefficient (Wildman–Crippen LogP) is 3.04. The van der Waals surface area contributed by atoms with E-state index in [1.807, 2.05) is 0 Å². The van der Waals surface area contributed by atoms with Gasteiger partial charge in [-0.15, -0.1) is 0 Å². The number of ether oxygens (including phenoxy) is 1. The Labute approximate surface area is 123 Å². The van der Waals surface area contributed by atoms with Crippen molar-refractivity contribution in [3.05, 3.63) is 53.8 Å². The Hall–Kier alpha value is -1.92. The topological polar surface area (TPSA) is 69.4 Å². The van der Waals surface area contributed by atoms with E-state index >= 15 is 0 Å². The van der Waals surface area contributed by atoms with Crippen LogP contribution in [0.25, 0.3) is 0 Å². The molecule has 0 radical (unpaired) electrons. The maximum atomic E-state index is 13.9. The summed E-state index contributed by atoms with van der Waals surface area (Å²) in [5.41, 5.74) is 6.31. The number of para-hydroxylation sites is 1. The van der Waals surface area contributed by atoms with Crippen LogP contribution in [0.4, 0.5) is 4.39 Å². The third-order valence-corrected chi connectivity index (χ3v) is 4.05. The van der Waals surface area contributed by atoms with Crippen molar-refractivity contribution in [1.29, 1.82) is 0 Å². The summed E-state index contributed by atoms with van der Waals surface area (Å²) in [6.45, 7) is 1.72. The molecule has 0 saturated heterocycles. The van der Waals surface area contributed by atoms with E-state index in [4.69, 9.17) is 10.5 Å². The molecule has 0 amide bonds. The quantitative estimate of drug-likeness (QED) is 0.942. The number of halogens is 1. The minimum absolute atomic E-state index is 0.0122. The standard InChI is InChI=1S/C15H16FNO3S/c1-10(17)13-7-4-8-14(16)15(13)20-11-5-3-6-12(9-11)21(2,18)19/h3-10H,17H2,1-2H3. The fourth-order valence-electron chi connectivity index (χ4n) is 1.88. The third kappa shape index (κ3) is 3.59. The van der Waals surface area contributed by atoms with E-state index in [0.717, 1.165) is 6.26 Å². The van der Waals surface area contributed by atoms with Gasteiger partial charge in [0.2, 0.25) is 0 Å². The molecule has 2 N–H and O–H groups in total. The highest BCUT2D eigenvalue weighted by atomic mass is 32.2. The zero-order valence-corrected chi connectivity index (χ0v) is 12.5. The average Bonchev–Trinajstić information content (AvgIpc) is 2.40. The number of hydrogen-bond acceptors (Lipinski definition) is 4. The van der Waals surface area contributed by atoms with Gasteiger partial charge in [-0.3, -0.25) is 0 Å². The first-order chi connectivity index (χ1) is 9.79. The molecule has 0 aliphatic rings. The largest absolute Gasteiger partial charge is 0.454 e. The van der Waals surface area contributed by atoms with Crippen LogP contribution in [-0.2, 0) is 9.84 Å². The second kappa shape index (κ2) is 5.83. The molecule has 0 heterocycles. The summed E-state index contributed by atoms with van der Waals surface area (Å²) in [6, 6.07) is 9.99. The Bertz CT molecular complexity index is 757. The second-order valence-electron chi connectivity index (χ2n) is 4.80. The van der Waals surface area contributed by atoms with Crippen molar-refractivity contribution in [3.63, 3.8) is 0 Å². The highest BCUT2D eigenvalue weighted by molar-refractivity contribution is 7.90. The normalized spacial score (nSPS) is 13.0. The van der Waals surface area contributed by atoms with Crippen molar-refractivity contribution in [2.24, 2.45) is 5.73 Å². The Kier molecular flexibility index (Phi) is 4.29. The van der Waals surface area contributed by atoms with Gasteiger partial charge in [0.25, 0.3) is 0 Å². The number of rotatable bonds is 4. The average molecular weight is 309 g/mol. The number of benzene rings is 2. The van der Waals surface area contributed by atoms with Gasteiger partial charge in [-0.1, -0.05) is 18.2 Å². The van der Waals surface area contributed by atoms with Crippen molar-refractivity contribution in [2.45, 2.75) is 17.9 Å². The molecular weight excluding hydrogens is 293 g/mol. The van der Waals surface area contributed by atoms with Crippen molar-refractivity contribution < 1.29 is 17.5 Å². The van der Waals surface area contributed by atoms with Crippen LogP contribution in [0.15, 0.2) is 47.4 Å². The Morgan fingerprint density at radius 3 is 2.48 bits per heavy atom. The molecule has 21 heavy (non-hydrogen) atoms. The van der Waals surface area contributed by atoms with Crippen molar-refractivity contribution in [1.82, 2.24) is 0 Å². The van der Waals surface area contributed by atoms with Crippen LogP contribution in [0.5, 0.6) is 11.5 Å². The van der Waals surface area contributed by atoms with Crippen LogP contribution in [0.2, 0.25) is 0 Å². The molecule has 0 fully saturated rings. The van der Waals surface area contributed by atoms with Gasteiger partial charge in [0.15, 0.2) is 21.4 Å². The number of nitrogens with two attached hydrogens (primary N) is 1. The lowest BCUT2D eigenvalue weighted by Crippen LogP contribution is -2.07. The molecule has 4 nitrogen and oxygen atoms in total. The van der Waals surface area contributed by atoms with E-state index in [2.05, 4.69) is 0 Å². The van der Waals surface area contributed by atoms with Gasteiger partial charge in [0.1, 0.15) is 5.75 Å². The van der Waals surface area contributed by atoms with Crippen LogP contribution < -0.4 is 10.5 Å². The van der Waals surface area contributed by atoms with Gasteiger partial charge in [-0.2, -0.15) is 0 Å². The van der Waals surface area contributed by atoms with Crippen LogP contribution in [0.1, 0.15) is 18.5 Å². The van der Waals surface area contributed by atoms with Gasteiger partial charge in [-0.25, -0.2) is 12.8 Å². The van der Waals surface area contributed by atoms with Gasteiger partial charge in [0.05, 0.1) is 4.90 Å². The van der Waals surface area contributed by atoms with Crippen LogP contribution in [0.3, 0.4) is 0 Å². The Morgan fingerprint density at radius 1 is 1.19 bits per heavy atom. The molecule has 0 saturated carbocycles. The molecule has 0 aliphatic carbocycles. The molecule has 1 unspecified atom stereocenters. The van der Waals surface area contributed by atoms with E-state index in [-0.39, 0.29) is 16.4 Å². The number of hydrogen-bond donors (Lipinski definition) is 1. The van der Waals surface area contributed by atoms with Crippen LogP contribution >= 0.6 is 0 Å². The van der Waals surface area contributed by atoms with Gasteiger partial charge >= 0.3 is 0 Å². The summed E-state index contributed by atoms with van der Waals surface area (Å²) in [7, 11) is -3.35. The van der Waals surface area contributed by atoms with Crippen molar-refractivity contribution >= 4 is 9.84 Å². The lowest BCUT2D eigenvalue weighted by atomic mass is 10.1. The van der Waals surface area contributed by atoms with Crippen LogP contribution in [-0.4, -0.2) is 14.7 Å². The zero-order valence-electron chi connectivity index (χ0n) is 11.7. The summed E-state index contributed by atoms with van der Waals surface area (Å²) >= 11 is 0. The first-order valence-electron chi connectivity index (χ1n) is 6.31. The molecule has 2 aromatic rings. The van der Waals surface area contributed by atoms with E-state index in [9.17, 15) is 12.8 Å². The van der Waals surface area contributed by atoms with Gasteiger partial charge < -0.3 is 10.5 Å². The lowest BCUT2D eigenvalue weighted by molar-refractivity contribution is 0.431. The smallest absolute Gasteiger partial charge is 0.175 e. The monoisotopic (exact) mass is 309 g/mol. The maximum Gasteiger partial charge on any atom is 0.175 e. The highest BCUT2D eigenvalue weighted by Gasteiger charge is 2.15. The summed E-state index contributed by atoms with van der Waals surface area (Å²) in [6.07, 6.45) is 1.10. The molecule has 0 aromatic heterocycles. The summed E-state index contributed by atoms with van der Waals surface area (Å²) in [4.78, 5) is 0.110. The zero-order chi connectivity index (χ0) is 15.6. The summed E-state index contributed by atoms with van der Waals surface area (Å²) < 4.78 is 42.5. The highest BCUT2D eigenvalue weighted by Crippen LogP contribution is 2.32. The second-order valence-corrected chi connectivity index (χ2v) is 6.81. The Morgan fingerprint density at radius 2 is 1.86 bits per heavy atom. The van der Waals surface area contributed by atoms with Crippen LogP contribution in [0, 0.1) is 5.82 Å². The number of sulfone groups is 1. The SMILES string of the molecule is CC(N)c1cccc(F)c1Oc1cccc(S(C)(=O)=O)c1. The molecule has 0 bridgehead atoms. The van der Waals surface area contributed by atoms with E-state index in [1.54, 1.807) is 25.1 Å². The molecule has 1 atom stereocenters. The van der Waals surface area contributed by atoms with E-state index in [1.165, 1.54) is 24.3 Å². The molecule has 6 heteroatoms. The Balaban J connectivity index is 2.44. The lowest BCUT2D eigenvalue weighted by Gasteiger charge is -2.14. The fourth-order valence-corrected chi connectivity index (χ4v) is 2.53. The molecule has 2 aromatic carbocycles. The minimum Gasteiger partial charge on any atom is -0.454 e. The molecule has 0 spiro atoms. The molecular formula is C15H16FNO3S. The fraction of sp³-hybridized carbons (Fsp3) is 0.200. The van der Waals surface area contributed by atoms with Gasteiger partial charge in [-0.05, 0) is 31.2 Å². The summed E-state index contributed by atoms with van der Waals surface area (Å²) in [5.74, 6) is -0.294. The third-order valence-electron chi connectivity index (χ3n) is 2.94. The van der Waals surface area contributed by atoms with Gasteiger partial charge in [0, 0.05) is 17.9 Å².